The summed E-state index contributed by atoms with van der Waals surface area (Å²) in [4.78, 5) is 140. The van der Waals surface area contributed by atoms with Crippen molar-refractivity contribution in [2.75, 3.05) is 39.8 Å². The topological polar surface area (TPSA) is 358 Å². The lowest BCUT2D eigenvalue weighted by atomic mass is 9.96. The first kappa shape index (κ1) is 62.9. The van der Waals surface area contributed by atoms with Crippen molar-refractivity contribution < 1.29 is 53.1 Å². The molecule has 1 fully saturated rings. The predicted molar refractivity (Wildman–Crippen MR) is 266 cm³/mol. The Balaban J connectivity index is 3.33. The summed E-state index contributed by atoms with van der Waals surface area (Å²) in [6, 6.07) is -8.28. The van der Waals surface area contributed by atoms with Crippen molar-refractivity contribution in [1.29, 1.82) is 0 Å². The number of aliphatic hydroxyl groups excluding tert-OH is 1. The van der Waals surface area contributed by atoms with Gasteiger partial charge < -0.3 is 68.9 Å². The highest BCUT2D eigenvalue weighted by atomic mass is 16.3. The van der Waals surface area contributed by atoms with Gasteiger partial charge in [-0.2, -0.15) is 0 Å². The SMILES string of the molecule is CCC[C@H](NC(=O)[C@@H](NC(=O)[C@@H](CC(C)C)NC(=O)[C@@H](NC(=O)CNC(=O)CN(C)C(C)=O)[C@H](C)CC)[C@@H](C)O)C(=O)N[C@H](C(=O)N[C@@H](CCCN=C(N)N)C(=O)N1CCC[C@H]1C(=O)NCC)[C@@H](C)CC. The van der Waals surface area contributed by atoms with E-state index in [-0.39, 0.29) is 56.0 Å². The maximum atomic E-state index is 14.2. The number of aliphatic hydroxyl groups is 1. The van der Waals surface area contributed by atoms with Gasteiger partial charge in [-0.3, -0.25) is 52.9 Å². The minimum Gasteiger partial charge on any atom is -0.391 e. The molecule has 0 aromatic carbocycles. The molecule has 10 amide bonds. The number of aliphatic imine (C=N–C) groups is 1. The van der Waals surface area contributed by atoms with Gasteiger partial charge in [0, 0.05) is 33.6 Å². The van der Waals surface area contributed by atoms with Crippen LogP contribution >= 0.6 is 0 Å². The van der Waals surface area contributed by atoms with Gasteiger partial charge in [-0.05, 0) is 70.1 Å². The molecule has 13 N–H and O–H groups in total. The van der Waals surface area contributed by atoms with E-state index in [1.54, 1.807) is 48.5 Å². The number of carbonyl (C=O) groups excluding carboxylic acids is 10. The Kier molecular flexibility index (Phi) is 28.4. The van der Waals surface area contributed by atoms with E-state index < -0.39 is 114 Å². The summed E-state index contributed by atoms with van der Waals surface area (Å²) in [5.74, 6) is -7.50. The van der Waals surface area contributed by atoms with Crippen LogP contribution in [0.15, 0.2) is 4.99 Å². The Labute approximate surface area is 418 Å². The molecule has 404 valence electrons. The quantitative estimate of drug-likeness (QED) is 0.0204. The third-order valence-corrected chi connectivity index (χ3v) is 12.3. The van der Waals surface area contributed by atoms with Crippen molar-refractivity contribution >= 4 is 65.0 Å². The Hall–Kier alpha value is -6.07. The summed E-state index contributed by atoms with van der Waals surface area (Å²) < 4.78 is 0. The average molecular weight is 1010 g/mol. The zero-order valence-electron chi connectivity index (χ0n) is 43.8. The molecule has 0 saturated carbocycles. The first-order valence-corrected chi connectivity index (χ1v) is 24.9. The van der Waals surface area contributed by atoms with Gasteiger partial charge in [-0.25, -0.2) is 0 Å². The summed E-state index contributed by atoms with van der Waals surface area (Å²) in [7, 11) is 1.43. The molecule has 1 saturated heterocycles. The number of guanidine groups is 1. The van der Waals surface area contributed by atoms with Gasteiger partial charge >= 0.3 is 0 Å². The lowest BCUT2D eigenvalue weighted by Gasteiger charge is -2.32. The van der Waals surface area contributed by atoms with Gasteiger partial charge in [0.15, 0.2) is 5.96 Å². The number of rotatable bonds is 31. The van der Waals surface area contributed by atoms with Crippen molar-refractivity contribution in [2.45, 2.75) is 175 Å². The number of carbonyl (C=O) groups is 10. The minimum absolute atomic E-state index is 0.0854. The van der Waals surface area contributed by atoms with Crippen LogP contribution < -0.4 is 54.0 Å². The Morgan fingerprint density at radius 1 is 0.690 bits per heavy atom. The summed E-state index contributed by atoms with van der Waals surface area (Å²) in [6.45, 7) is 16.8. The first-order valence-electron chi connectivity index (χ1n) is 24.9. The lowest BCUT2D eigenvalue weighted by molar-refractivity contribution is -0.142. The number of hydrogen-bond acceptors (Lipinski definition) is 12. The number of nitrogens with one attached hydrogen (secondary N) is 8. The molecule has 1 aliphatic rings. The van der Waals surface area contributed by atoms with Crippen LogP contribution in [0.25, 0.3) is 0 Å². The van der Waals surface area contributed by atoms with Crippen molar-refractivity contribution in [3.63, 3.8) is 0 Å². The molecule has 0 unspecified atom stereocenters. The van der Waals surface area contributed by atoms with Crippen LogP contribution in [0.1, 0.15) is 127 Å². The Morgan fingerprint density at radius 2 is 1.23 bits per heavy atom. The van der Waals surface area contributed by atoms with E-state index in [1.807, 2.05) is 6.92 Å². The van der Waals surface area contributed by atoms with Gasteiger partial charge in [-0.15, -0.1) is 0 Å². The van der Waals surface area contributed by atoms with E-state index >= 15 is 0 Å². The molecule has 0 spiro atoms. The molecule has 71 heavy (non-hydrogen) atoms. The Bertz CT molecular complexity index is 1840. The fourth-order valence-corrected chi connectivity index (χ4v) is 7.70. The summed E-state index contributed by atoms with van der Waals surface area (Å²) in [6.07, 6.45) is 1.37. The van der Waals surface area contributed by atoms with Crippen molar-refractivity contribution in [3.8, 4) is 0 Å². The molecule has 1 aliphatic heterocycles. The molecule has 1 rings (SSSR count). The van der Waals surface area contributed by atoms with Crippen LogP contribution in [0.4, 0.5) is 0 Å². The van der Waals surface area contributed by atoms with Crippen LogP contribution in [-0.4, -0.2) is 168 Å². The zero-order chi connectivity index (χ0) is 54.1. The maximum absolute atomic E-state index is 14.2. The molecular formula is C47H85N13O11. The van der Waals surface area contributed by atoms with Crippen LogP contribution in [0.2, 0.25) is 0 Å². The van der Waals surface area contributed by atoms with Crippen molar-refractivity contribution in [3.05, 3.63) is 0 Å². The maximum Gasteiger partial charge on any atom is 0.245 e. The molecule has 0 aromatic rings. The summed E-state index contributed by atoms with van der Waals surface area (Å²) >= 11 is 0. The van der Waals surface area contributed by atoms with Gasteiger partial charge in [-0.1, -0.05) is 67.7 Å². The van der Waals surface area contributed by atoms with E-state index in [4.69, 9.17) is 11.5 Å². The molecule has 1 heterocycles. The zero-order valence-corrected chi connectivity index (χ0v) is 43.8. The molecule has 0 aromatic heterocycles. The number of nitrogens with two attached hydrogens (primary N) is 2. The third kappa shape index (κ3) is 21.9. The number of likely N-dealkylation sites (N-methyl/N-ethyl adjacent to an activating group) is 2. The van der Waals surface area contributed by atoms with E-state index in [0.717, 1.165) is 4.90 Å². The molecular weight excluding hydrogens is 923 g/mol. The lowest BCUT2D eigenvalue weighted by Crippen LogP contribution is -2.62. The first-order chi connectivity index (χ1) is 33.3. The predicted octanol–water partition coefficient (Wildman–Crippen LogP) is -2.01. The highest BCUT2D eigenvalue weighted by Gasteiger charge is 2.40. The van der Waals surface area contributed by atoms with E-state index in [0.29, 0.717) is 51.6 Å². The summed E-state index contributed by atoms with van der Waals surface area (Å²) in [5.41, 5.74) is 11.0. The van der Waals surface area contributed by atoms with E-state index in [1.165, 1.54) is 25.8 Å². The molecule has 0 bridgehead atoms. The molecule has 10 atom stereocenters. The van der Waals surface area contributed by atoms with Gasteiger partial charge in [0.1, 0.15) is 42.3 Å². The monoisotopic (exact) mass is 1010 g/mol. The van der Waals surface area contributed by atoms with Crippen molar-refractivity contribution in [2.24, 2.45) is 34.2 Å². The van der Waals surface area contributed by atoms with Gasteiger partial charge in [0.05, 0.1) is 19.2 Å². The second-order valence-electron chi connectivity index (χ2n) is 18.8. The number of nitrogens with zero attached hydrogens (tertiary/aromatic N) is 3. The van der Waals surface area contributed by atoms with Crippen LogP contribution in [-0.2, 0) is 47.9 Å². The normalized spacial score (nSPS) is 17.0. The second-order valence-corrected chi connectivity index (χ2v) is 18.8. The van der Waals surface area contributed by atoms with Crippen LogP contribution in [0.3, 0.4) is 0 Å². The highest BCUT2D eigenvalue weighted by Crippen LogP contribution is 2.21. The standard InChI is InChI=1S/C47H85N13O11/c1-12-18-31(40(65)57-38(28(8)14-3)44(69)54-32(19-16-21-51-47(48)49)46(71)60-22-17-20-34(60)42(67)50-15-4)53-45(70)39(29(9)61)58-41(66)33(23-26(5)6)55-43(68)37(27(7)13-2)56-35(63)24-52-36(64)25-59(11)30(10)62/h26-29,31-34,37-39,61H,12-25H2,1-11H3,(H,50,67)(H,52,64)(H,53,70)(H,54,69)(H,55,68)(H,56,63)(H,57,65)(H,58,66)(H4,48,49,51)/t27-,28+,29-,31+,32+,33-,34+,37+,38+,39+/m1/s1. The highest BCUT2D eigenvalue weighted by molar-refractivity contribution is 5.98. The fraction of sp³-hybridized carbons (Fsp3) is 0.766. The third-order valence-electron chi connectivity index (χ3n) is 12.3. The van der Waals surface area contributed by atoms with E-state index in [9.17, 15) is 53.1 Å². The molecule has 24 heteroatoms. The smallest absolute Gasteiger partial charge is 0.245 e. The van der Waals surface area contributed by atoms with Gasteiger partial charge in [0.2, 0.25) is 59.1 Å². The minimum atomic E-state index is -1.62. The van der Waals surface area contributed by atoms with E-state index in [2.05, 4.69) is 47.5 Å². The largest absolute Gasteiger partial charge is 0.391 e. The number of likely N-dealkylation sites (tertiary alicyclic amines) is 1. The summed E-state index contributed by atoms with van der Waals surface area (Å²) in [5, 5.41) is 32.0. The van der Waals surface area contributed by atoms with Crippen molar-refractivity contribution in [1.82, 2.24) is 52.3 Å². The second kappa shape index (κ2) is 32.0. The Morgan fingerprint density at radius 3 is 1.75 bits per heavy atom. The molecule has 24 nitrogen and oxygen atoms in total. The number of amides is 10. The molecule has 0 radical (unpaired) electrons. The van der Waals surface area contributed by atoms with Crippen LogP contribution in [0, 0.1) is 17.8 Å². The van der Waals surface area contributed by atoms with Gasteiger partial charge in [0.25, 0.3) is 0 Å². The van der Waals surface area contributed by atoms with Crippen LogP contribution in [0.5, 0.6) is 0 Å². The number of hydrogen-bond donors (Lipinski definition) is 11. The fourth-order valence-electron chi connectivity index (χ4n) is 7.70. The molecule has 0 aliphatic carbocycles. The average Bonchev–Trinajstić information content (AvgIpc) is 3.80.